The number of aryl methyl sites for hydroxylation is 1. The summed E-state index contributed by atoms with van der Waals surface area (Å²) in [5.74, 6) is 0.656. The highest BCUT2D eigenvalue weighted by Crippen LogP contribution is 2.30. The maximum absolute atomic E-state index is 6.29. The van der Waals surface area contributed by atoms with Crippen LogP contribution in [0.25, 0.3) is 10.9 Å². The first-order valence-corrected chi connectivity index (χ1v) is 7.93. The lowest BCUT2D eigenvalue weighted by Crippen LogP contribution is -2.34. The Hall–Kier alpha value is -0.800. The lowest BCUT2D eigenvalue weighted by Gasteiger charge is -2.28. The molecule has 0 aliphatic heterocycles. The molecular formula is C16H21BrN2. The molecular weight excluding hydrogens is 300 g/mol. The van der Waals surface area contributed by atoms with Gasteiger partial charge in [-0.1, -0.05) is 34.8 Å². The zero-order valence-corrected chi connectivity index (χ0v) is 13.0. The van der Waals surface area contributed by atoms with Crippen LogP contribution in [0.5, 0.6) is 0 Å². The van der Waals surface area contributed by atoms with Crippen LogP contribution >= 0.6 is 15.9 Å². The molecule has 2 atom stereocenters. The zero-order valence-electron chi connectivity index (χ0n) is 11.4. The third-order valence-corrected chi connectivity index (χ3v) is 4.98. The number of halogens is 1. The van der Waals surface area contributed by atoms with Gasteiger partial charge in [0.1, 0.15) is 0 Å². The molecule has 1 aromatic carbocycles. The van der Waals surface area contributed by atoms with Crippen molar-refractivity contribution in [3.8, 4) is 0 Å². The van der Waals surface area contributed by atoms with Gasteiger partial charge in [-0.2, -0.15) is 0 Å². The molecule has 0 spiro atoms. The molecule has 1 fully saturated rings. The maximum atomic E-state index is 6.29. The molecule has 0 radical (unpaired) electrons. The second-order valence-corrected chi connectivity index (χ2v) is 6.75. The van der Waals surface area contributed by atoms with E-state index in [1.54, 1.807) is 0 Å². The molecule has 2 aromatic rings. The largest absolute Gasteiger partial charge is 0.350 e. The van der Waals surface area contributed by atoms with Gasteiger partial charge in [0.15, 0.2) is 0 Å². The van der Waals surface area contributed by atoms with Gasteiger partial charge in [-0.3, -0.25) is 0 Å². The topological polar surface area (TPSA) is 30.9 Å². The van der Waals surface area contributed by atoms with Crippen molar-refractivity contribution in [1.82, 2.24) is 4.57 Å². The van der Waals surface area contributed by atoms with Crippen LogP contribution in [0, 0.1) is 5.92 Å². The summed E-state index contributed by atoms with van der Waals surface area (Å²) in [7, 11) is 2.12. The Kier molecular flexibility index (Phi) is 3.68. The number of nitrogens with two attached hydrogens (primary N) is 1. The third kappa shape index (κ3) is 2.59. The van der Waals surface area contributed by atoms with Gasteiger partial charge in [-0.25, -0.2) is 0 Å². The van der Waals surface area contributed by atoms with Crippen molar-refractivity contribution < 1.29 is 0 Å². The van der Waals surface area contributed by atoms with Crippen LogP contribution in [0.3, 0.4) is 0 Å². The summed E-state index contributed by atoms with van der Waals surface area (Å²) in [6, 6.07) is 6.94. The van der Waals surface area contributed by atoms with Crippen LogP contribution in [0.2, 0.25) is 0 Å². The molecule has 0 saturated heterocycles. The summed E-state index contributed by atoms with van der Waals surface area (Å²) in [4.78, 5) is 0. The molecule has 1 aliphatic rings. The number of hydrogen-bond acceptors (Lipinski definition) is 1. The van der Waals surface area contributed by atoms with Crippen molar-refractivity contribution in [3.05, 3.63) is 34.4 Å². The quantitative estimate of drug-likeness (QED) is 0.890. The Morgan fingerprint density at radius 1 is 1.32 bits per heavy atom. The first kappa shape index (κ1) is 13.2. The Morgan fingerprint density at radius 3 is 2.89 bits per heavy atom. The molecule has 3 heteroatoms. The Balaban J connectivity index is 1.92. The highest BCUT2D eigenvalue weighted by molar-refractivity contribution is 9.10. The number of nitrogens with zero attached hydrogens (tertiary/aromatic N) is 1. The van der Waals surface area contributed by atoms with Crippen molar-refractivity contribution in [2.24, 2.45) is 18.7 Å². The van der Waals surface area contributed by atoms with E-state index in [0.29, 0.717) is 12.0 Å². The number of aromatic nitrogens is 1. The summed E-state index contributed by atoms with van der Waals surface area (Å²) < 4.78 is 3.37. The van der Waals surface area contributed by atoms with Gasteiger partial charge < -0.3 is 10.3 Å². The minimum Gasteiger partial charge on any atom is -0.350 e. The molecule has 2 nitrogen and oxygen atoms in total. The van der Waals surface area contributed by atoms with E-state index >= 15 is 0 Å². The van der Waals surface area contributed by atoms with E-state index in [2.05, 4.69) is 51.9 Å². The fraction of sp³-hybridized carbons (Fsp3) is 0.500. The van der Waals surface area contributed by atoms with E-state index in [0.717, 1.165) is 10.9 Å². The summed E-state index contributed by atoms with van der Waals surface area (Å²) in [5, 5.41) is 1.38. The average molecular weight is 321 g/mol. The van der Waals surface area contributed by atoms with Gasteiger partial charge in [0, 0.05) is 34.7 Å². The van der Waals surface area contributed by atoms with Gasteiger partial charge in [-0.05, 0) is 42.9 Å². The lowest BCUT2D eigenvalue weighted by molar-refractivity contribution is 0.307. The van der Waals surface area contributed by atoms with Crippen molar-refractivity contribution >= 4 is 26.8 Å². The van der Waals surface area contributed by atoms with Crippen LogP contribution in [0.1, 0.15) is 31.2 Å². The SMILES string of the molecule is Cn1cc(CC2CCCCC2N)c2ccc(Br)cc21. The van der Waals surface area contributed by atoms with E-state index in [-0.39, 0.29) is 0 Å². The molecule has 2 N–H and O–H groups in total. The normalized spacial score (nSPS) is 23.9. The molecule has 0 amide bonds. The number of fused-ring (bicyclic) bond motifs is 1. The van der Waals surface area contributed by atoms with Crippen LogP contribution in [0.4, 0.5) is 0 Å². The fourth-order valence-electron chi connectivity index (χ4n) is 3.38. The number of rotatable bonds is 2. The summed E-state index contributed by atoms with van der Waals surface area (Å²) in [6.45, 7) is 0. The Morgan fingerprint density at radius 2 is 2.11 bits per heavy atom. The number of benzene rings is 1. The maximum Gasteiger partial charge on any atom is 0.0491 e. The monoisotopic (exact) mass is 320 g/mol. The van der Waals surface area contributed by atoms with Crippen molar-refractivity contribution in [2.45, 2.75) is 38.1 Å². The summed E-state index contributed by atoms with van der Waals surface area (Å²) in [6.07, 6.45) is 8.53. The van der Waals surface area contributed by atoms with Crippen molar-refractivity contribution in [1.29, 1.82) is 0 Å². The molecule has 1 aromatic heterocycles. The van der Waals surface area contributed by atoms with Crippen molar-refractivity contribution in [3.63, 3.8) is 0 Å². The van der Waals surface area contributed by atoms with E-state index in [1.165, 1.54) is 42.1 Å². The van der Waals surface area contributed by atoms with Gasteiger partial charge in [0.25, 0.3) is 0 Å². The third-order valence-electron chi connectivity index (χ3n) is 4.49. The van der Waals surface area contributed by atoms with E-state index in [4.69, 9.17) is 5.73 Å². The predicted octanol–water partition coefficient (Wildman–Crippen LogP) is 4.00. The summed E-state index contributed by atoms with van der Waals surface area (Å²) >= 11 is 3.55. The molecule has 3 rings (SSSR count). The smallest absolute Gasteiger partial charge is 0.0491 e. The van der Waals surface area contributed by atoms with E-state index in [1.807, 2.05) is 0 Å². The molecule has 19 heavy (non-hydrogen) atoms. The molecule has 2 unspecified atom stereocenters. The highest BCUT2D eigenvalue weighted by Gasteiger charge is 2.23. The van der Waals surface area contributed by atoms with E-state index in [9.17, 15) is 0 Å². The minimum absolute atomic E-state index is 0.388. The van der Waals surface area contributed by atoms with Gasteiger partial charge >= 0.3 is 0 Å². The highest BCUT2D eigenvalue weighted by atomic mass is 79.9. The van der Waals surface area contributed by atoms with Crippen molar-refractivity contribution in [2.75, 3.05) is 0 Å². The van der Waals surface area contributed by atoms with Crippen LogP contribution in [-0.4, -0.2) is 10.6 Å². The average Bonchev–Trinajstić information content (AvgIpc) is 2.69. The molecule has 102 valence electrons. The predicted molar refractivity (Wildman–Crippen MR) is 84.3 cm³/mol. The Labute approximate surface area is 123 Å². The second-order valence-electron chi connectivity index (χ2n) is 5.84. The lowest BCUT2D eigenvalue weighted by atomic mass is 9.81. The molecule has 0 bridgehead atoms. The minimum atomic E-state index is 0.388. The molecule has 1 heterocycles. The fourth-order valence-corrected chi connectivity index (χ4v) is 3.72. The first-order chi connectivity index (χ1) is 9.15. The first-order valence-electron chi connectivity index (χ1n) is 7.14. The van der Waals surface area contributed by atoms with Crippen LogP contribution < -0.4 is 5.73 Å². The van der Waals surface area contributed by atoms with Gasteiger partial charge in [-0.15, -0.1) is 0 Å². The van der Waals surface area contributed by atoms with Crippen LogP contribution in [0.15, 0.2) is 28.9 Å². The summed E-state index contributed by atoms with van der Waals surface area (Å²) in [5.41, 5.74) is 9.04. The van der Waals surface area contributed by atoms with Gasteiger partial charge in [0.05, 0.1) is 0 Å². The number of hydrogen-bond donors (Lipinski definition) is 1. The second kappa shape index (κ2) is 5.29. The van der Waals surface area contributed by atoms with Crippen LogP contribution in [-0.2, 0) is 13.5 Å². The van der Waals surface area contributed by atoms with Gasteiger partial charge in [0.2, 0.25) is 0 Å². The van der Waals surface area contributed by atoms with E-state index < -0.39 is 0 Å². The molecule has 1 aliphatic carbocycles. The zero-order chi connectivity index (χ0) is 13.4. The standard InChI is InChI=1S/C16H21BrN2/c1-19-10-12(8-11-4-2-3-5-15(11)18)14-7-6-13(17)9-16(14)19/h6-7,9-11,15H,2-5,8,18H2,1H3. The molecule has 1 saturated carbocycles. The Bertz CT molecular complexity index is 588.